The van der Waals surface area contributed by atoms with Crippen LogP contribution in [0.15, 0.2) is 109 Å². The van der Waals surface area contributed by atoms with Gasteiger partial charge in [-0.2, -0.15) is 0 Å². The summed E-state index contributed by atoms with van der Waals surface area (Å²) in [6.45, 7) is 1.60. The van der Waals surface area contributed by atoms with Crippen LogP contribution in [0.5, 0.6) is 11.5 Å². The standard InChI is InChI=1S/C33H35N3O5S/c1-25-11-10-14-27(21-25)23-35(31(33(38)34-2)22-26-12-6-4-7-13-26)32(37)24-36(42(3,39)40)28-17-19-30(20-18-28)41-29-15-8-5-9-16-29/h4-21,31H,22-24H2,1-3H3,(H,34,38). The number of hydrogen-bond donors (Lipinski definition) is 1. The Balaban J connectivity index is 1.65. The predicted molar refractivity (Wildman–Crippen MR) is 165 cm³/mol. The molecule has 0 aliphatic carbocycles. The highest BCUT2D eigenvalue weighted by molar-refractivity contribution is 7.92. The molecular formula is C33H35N3O5S. The molecule has 1 unspecified atom stereocenters. The van der Waals surface area contributed by atoms with Crippen LogP contribution in [0.1, 0.15) is 16.7 Å². The molecular weight excluding hydrogens is 550 g/mol. The number of sulfonamides is 1. The summed E-state index contributed by atoms with van der Waals surface area (Å²) in [6.07, 6.45) is 1.32. The SMILES string of the molecule is CNC(=O)C(Cc1ccccc1)N(Cc1cccc(C)c1)C(=O)CN(c1ccc(Oc2ccccc2)cc1)S(C)(=O)=O. The lowest BCUT2D eigenvalue weighted by Gasteiger charge is -2.33. The Morgan fingerprint density at radius 1 is 0.810 bits per heavy atom. The van der Waals surface area contributed by atoms with Gasteiger partial charge >= 0.3 is 0 Å². The lowest BCUT2D eigenvalue weighted by atomic mass is 10.0. The summed E-state index contributed by atoms with van der Waals surface area (Å²) >= 11 is 0. The molecule has 0 spiro atoms. The number of likely N-dealkylation sites (N-methyl/N-ethyl adjacent to an activating group) is 1. The Morgan fingerprint density at radius 2 is 1.40 bits per heavy atom. The van der Waals surface area contributed by atoms with Crippen LogP contribution in [0, 0.1) is 6.92 Å². The summed E-state index contributed by atoms with van der Waals surface area (Å²) in [6, 6.07) is 31.9. The largest absolute Gasteiger partial charge is 0.457 e. The van der Waals surface area contributed by atoms with E-state index in [9.17, 15) is 18.0 Å². The molecule has 2 amide bonds. The highest BCUT2D eigenvalue weighted by Gasteiger charge is 2.32. The molecule has 0 aliphatic heterocycles. The lowest BCUT2D eigenvalue weighted by molar-refractivity contribution is -0.139. The minimum absolute atomic E-state index is 0.132. The number of aryl methyl sites for hydroxylation is 1. The molecule has 0 bridgehead atoms. The van der Waals surface area contributed by atoms with E-state index in [-0.39, 0.29) is 18.9 Å². The second kappa shape index (κ2) is 13.8. The zero-order chi connectivity index (χ0) is 30.1. The minimum atomic E-state index is -3.86. The van der Waals surface area contributed by atoms with Crippen LogP contribution >= 0.6 is 0 Å². The average molecular weight is 586 g/mol. The quantitative estimate of drug-likeness (QED) is 0.254. The number of nitrogens with one attached hydrogen (secondary N) is 1. The fourth-order valence-corrected chi connectivity index (χ4v) is 5.50. The maximum atomic E-state index is 14.0. The summed E-state index contributed by atoms with van der Waals surface area (Å²) in [5.74, 6) is 0.323. The Bertz CT molecular complexity index is 1590. The number of anilines is 1. The fraction of sp³-hybridized carbons (Fsp3) is 0.212. The maximum Gasteiger partial charge on any atom is 0.244 e. The van der Waals surface area contributed by atoms with Crippen LogP contribution in [-0.4, -0.2) is 51.0 Å². The van der Waals surface area contributed by atoms with Crippen LogP contribution in [0.3, 0.4) is 0 Å². The maximum absolute atomic E-state index is 14.0. The average Bonchev–Trinajstić information content (AvgIpc) is 2.98. The van der Waals surface area contributed by atoms with Crippen molar-refractivity contribution in [2.75, 3.05) is 24.2 Å². The molecule has 4 rings (SSSR count). The van der Waals surface area contributed by atoms with Crippen molar-refractivity contribution in [3.05, 3.63) is 126 Å². The van der Waals surface area contributed by atoms with E-state index in [4.69, 9.17) is 4.74 Å². The Labute approximate surface area is 247 Å². The molecule has 4 aromatic carbocycles. The smallest absolute Gasteiger partial charge is 0.244 e. The first-order valence-corrected chi connectivity index (χ1v) is 15.4. The number of para-hydroxylation sites is 1. The first kappa shape index (κ1) is 30.3. The van der Waals surface area contributed by atoms with Crippen LogP contribution in [0.4, 0.5) is 5.69 Å². The second-order valence-electron chi connectivity index (χ2n) is 10.0. The van der Waals surface area contributed by atoms with Gasteiger partial charge in [-0.1, -0.05) is 78.4 Å². The second-order valence-corrected chi connectivity index (χ2v) is 11.9. The third-order valence-corrected chi connectivity index (χ3v) is 7.88. The molecule has 42 heavy (non-hydrogen) atoms. The van der Waals surface area contributed by atoms with Gasteiger partial charge in [0.2, 0.25) is 21.8 Å². The van der Waals surface area contributed by atoms with E-state index in [1.54, 1.807) is 24.3 Å². The zero-order valence-electron chi connectivity index (χ0n) is 23.9. The number of amides is 2. The highest BCUT2D eigenvalue weighted by atomic mass is 32.2. The van der Waals surface area contributed by atoms with E-state index in [0.29, 0.717) is 17.2 Å². The first-order chi connectivity index (χ1) is 20.1. The van der Waals surface area contributed by atoms with Crippen molar-refractivity contribution in [2.24, 2.45) is 0 Å². The molecule has 0 heterocycles. The monoisotopic (exact) mass is 585 g/mol. The minimum Gasteiger partial charge on any atom is -0.457 e. The number of carbonyl (C=O) groups is 2. The van der Waals surface area contributed by atoms with Gasteiger partial charge in [-0.05, 0) is 54.4 Å². The van der Waals surface area contributed by atoms with Crippen molar-refractivity contribution >= 4 is 27.5 Å². The zero-order valence-corrected chi connectivity index (χ0v) is 24.8. The number of hydrogen-bond acceptors (Lipinski definition) is 5. The van der Waals surface area contributed by atoms with E-state index in [1.807, 2.05) is 91.9 Å². The van der Waals surface area contributed by atoms with Gasteiger partial charge in [0, 0.05) is 20.0 Å². The molecule has 4 aromatic rings. The molecule has 9 heteroatoms. The van der Waals surface area contributed by atoms with Gasteiger partial charge in [-0.25, -0.2) is 8.42 Å². The molecule has 0 aromatic heterocycles. The van der Waals surface area contributed by atoms with Gasteiger partial charge in [-0.3, -0.25) is 13.9 Å². The third kappa shape index (κ3) is 8.20. The Kier molecular flexibility index (Phi) is 9.98. The van der Waals surface area contributed by atoms with Crippen LogP contribution < -0.4 is 14.4 Å². The van der Waals surface area contributed by atoms with Crippen LogP contribution in [0.25, 0.3) is 0 Å². The Morgan fingerprint density at radius 3 is 2.00 bits per heavy atom. The Hall–Kier alpha value is -4.63. The molecule has 0 fully saturated rings. The summed E-state index contributed by atoms with van der Waals surface area (Å²) in [4.78, 5) is 28.7. The van der Waals surface area contributed by atoms with Gasteiger partial charge < -0.3 is 15.0 Å². The first-order valence-electron chi connectivity index (χ1n) is 13.6. The van der Waals surface area contributed by atoms with Gasteiger partial charge in [0.15, 0.2) is 0 Å². The number of carbonyl (C=O) groups excluding carboxylic acids is 2. The summed E-state index contributed by atoms with van der Waals surface area (Å²) in [5.41, 5.74) is 3.03. The van der Waals surface area contributed by atoms with E-state index in [1.165, 1.54) is 11.9 Å². The third-order valence-electron chi connectivity index (χ3n) is 6.74. The van der Waals surface area contributed by atoms with Gasteiger partial charge in [0.1, 0.15) is 24.1 Å². The van der Waals surface area contributed by atoms with Crippen molar-refractivity contribution in [2.45, 2.75) is 25.9 Å². The fourth-order valence-electron chi connectivity index (χ4n) is 4.65. The summed E-state index contributed by atoms with van der Waals surface area (Å²) < 4.78 is 32.8. The van der Waals surface area contributed by atoms with E-state index in [0.717, 1.165) is 27.3 Å². The molecule has 218 valence electrons. The number of nitrogens with zero attached hydrogens (tertiary/aromatic N) is 2. The van der Waals surface area contributed by atoms with E-state index < -0.39 is 28.5 Å². The molecule has 0 saturated heterocycles. The number of rotatable bonds is 12. The lowest BCUT2D eigenvalue weighted by Crippen LogP contribution is -2.52. The van der Waals surface area contributed by atoms with E-state index in [2.05, 4.69) is 5.32 Å². The molecule has 0 radical (unpaired) electrons. The van der Waals surface area contributed by atoms with Crippen molar-refractivity contribution in [1.29, 1.82) is 0 Å². The number of benzene rings is 4. The molecule has 1 N–H and O–H groups in total. The van der Waals surface area contributed by atoms with Crippen molar-refractivity contribution in [3.8, 4) is 11.5 Å². The van der Waals surface area contributed by atoms with Crippen molar-refractivity contribution in [1.82, 2.24) is 10.2 Å². The van der Waals surface area contributed by atoms with E-state index >= 15 is 0 Å². The van der Waals surface area contributed by atoms with Crippen molar-refractivity contribution in [3.63, 3.8) is 0 Å². The normalized spacial score (nSPS) is 11.8. The van der Waals surface area contributed by atoms with Crippen LogP contribution in [-0.2, 0) is 32.6 Å². The molecule has 0 saturated carbocycles. The molecule has 0 aliphatic rings. The topological polar surface area (TPSA) is 96.0 Å². The molecule has 1 atom stereocenters. The summed E-state index contributed by atoms with van der Waals surface area (Å²) in [5, 5.41) is 2.68. The predicted octanol–water partition coefficient (Wildman–Crippen LogP) is 4.94. The van der Waals surface area contributed by atoms with Crippen molar-refractivity contribution < 1.29 is 22.7 Å². The number of ether oxygens (including phenoxy) is 1. The van der Waals surface area contributed by atoms with Gasteiger partial charge in [0.05, 0.1) is 11.9 Å². The molecule has 8 nitrogen and oxygen atoms in total. The van der Waals surface area contributed by atoms with Gasteiger partial charge in [-0.15, -0.1) is 0 Å². The highest BCUT2D eigenvalue weighted by Crippen LogP contribution is 2.26. The van der Waals surface area contributed by atoms with Crippen LogP contribution in [0.2, 0.25) is 0 Å². The summed E-state index contributed by atoms with van der Waals surface area (Å²) in [7, 11) is -2.34. The van der Waals surface area contributed by atoms with Gasteiger partial charge in [0.25, 0.3) is 0 Å².